The maximum absolute atomic E-state index is 11.8. The minimum Gasteiger partial charge on any atom is -0.452 e. The zero-order valence-electron chi connectivity index (χ0n) is 13.7. The third-order valence-electron chi connectivity index (χ3n) is 3.01. The van der Waals surface area contributed by atoms with Gasteiger partial charge in [0.25, 0.3) is 0 Å². The number of carbonyl (C=O) groups is 1. The molecule has 1 aromatic carbocycles. The summed E-state index contributed by atoms with van der Waals surface area (Å²) in [6.07, 6.45) is -0.421. The quantitative estimate of drug-likeness (QED) is 0.538. The van der Waals surface area contributed by atoms with E-state index in [1.165, 1.54) is 19.1 Å². The Bertz CT molecular complexity index is 560. The van der Waals surface area contributed by atoms with Gasteiger partial charge in [0.05, 0.1) is 31.3 Å². The molecule has 0 atom stereocenters. The van der Waals surface area contributed by atoms with Gasteiger partial charge in [-0.3, -0.25) is 25.5 Å². The minimum atomic E-state index is -0.421. The predicted octanol–water partition coefficient (Wildman–Crippen LogP) is 2.48. The zero-order chi connectivity index (χ0) is 17.2. The van der Waals surface area contributed by atoms with E-state index < -0.39 is 6.09 Å². The summed E-state index contributed by atoms with van der Waals surface area (Å²) in [5.41, 5.74) is 7.66. The molecule has 1 aromatic rings. The zero-order valence-corrected chi connectivity index (χ0v) is 13.7. The van der Waals surface area contributed by atoms with E-state index in [0.29, 0.717) is 17.9 Å². The molecule has 7 heteroatoms. The molecule has 0 aliphatic rings. The number of nitrogens with one attached hydrogen (secondary N) is 2. The second kappa shape index (κ2) is 9.50. The Morgan fingerprint density at radius 3 is 2.43 bits per heavy atom. The molecule has 0 aromatic heterocycles. The van der Waals surface area contributed by atoms with E-state index in [4.69, 9.17) is 14.4 Å². The van der Waals surface area contributed by atoms with Crippen molar-refractivity contribution in [3.63, 3.8) is 0 Å². The standard InChI is InChI=1S/C16H23N3O4/c1-6-19(16(20)21-4)15-10-8-7-9-14(15)11-23-18-13(3)12(2)17-22-5/h7-10,17-18H,2-3,6,11H2,1,4-5H3. The highest BCUT2D eigenvalue weighted by Gasteiger charge is 2.17. The number of hydrogen-bond acceptors (Lipinski definition) is 6. The van der Waals surface area contributed by atoms with Crippen molar-refractivity contribution in [3.8, 4) is 0 Å². The van der Waals surface area contributed by atoms with Gasteiger partial charge in [-0.15, -0.1) is 0 Å². The van der Waals surface area contributed by atoms with Crippen LogP contribution in [0.5, 0.6) is 0 Å². The molecule has 0 aliphatic carbocycles. The van der Waals surface area contributed by atoms with Gasteiger partial charge in [0.1, 0.15) is 6.61 Å². The fourth-order valence-corrected chi connectivity index (χ4v) is 1.85. The summed E-state index contributed by atoms with van der Waals surface area (Å²) in [4.78, 5) is 23.5. The van der Waals surface area contributed by atoms with Crippen molar-refractivity contribution in [1.82, 2.24) is 11.0 Å². The highest BCUT2D eigenvalue weighted by atomic mass is 16.6. The van der Waals surface area contributed by atoms with Crippen LogP contribution in [0.1, 0.15) is 12.5 Å². The number of carbonyl (C=O) groups excluding carboxylic acids is 1. The Morgan fingerprint density at radius 1 is 1.17 bits per heavy atom. The van der Waals surface area contributed by atoms with Crippen molar-refractivity contribution in [2.24, 2.45) is 0 Å². The number of rotatable bonds is 9. The van der Waals surface area contributed by atoms with Gasteiger partial charge in [-0.1, -0.05) is 31.4 Å². The average Bonchev–Trinajstić information content (AvgIpc) is 2.56. The second-order valence-electron chi connectivity index (χ2n) is 4.50. The fraction of sp³-hybridized carbons (Fsp3) is 0.312. The highest BCUT2D eigenvalue weighted by molar-refractivity contribution is 5.88. The van der Waals surface area contributed by atoms with Crippen LogP contribution in [0.2, 0.25) is 0 Å². The first-order chi connectivity index (χ1) is 11.0. The smallest absolute Gasteiger partial charge is 0.413 e. The van der Waals surface area contributed by atoms with Crippen LogP contribution in [0.25, 0.3) is 0 Å². The molecule has 7 nitrogen and oxygen atoms in total. The molecule has 0 spiro atoms. The van der Waals surface area contributed by atoms with E-state index >= 15 is 0 Å². The summed E-state index contributed by atoms with van der Waals surface area (Å²) >= 11 is 0. The Hall–Kier alpha value is -2.51. The molecule has 1 rings (SSSR count). The summed E-state index contributed by atoms with van der Waals surface area (Å²) < 4.78 is 4.80. The van der Waals surface area contributed by atoms with Crippen molar-refractivity contribution < 1.29 is 19.2 Å². The minimum absolute atomic E-state index is 0.225. The summed E-state index contributed by atoms with van der Waals surface area (Å²) in [6, 6.07) is 7.42. The van der Waals surface area contributed by atoms with Crippen molar-refractivity contribution in [2.45, 2.75) is 13.5 Å². The SMILES string of the molecule is C=C(NOC)C(=C)NOCc1ccccc1N(CC)C(=O)OC. The van der Waals surface area contributed by atoms with Gasteiger partial charge in [0.15, 0.2) is 0 Å². The van der Waals surface area contributed by atoms with Crippen molar-refractivity contribution >= 4 is 11.8 Å². The van der Waals surface area contributed by atoms with Crippen LogP contribution in [0.3, 0.4) is 0 Å². The Labute approximate surface area is 136 Å². The molecule has 1 amide bonds. The molecule has 0 heterocycles. The Morgan fingerprint density at radius 2 is 1.83 bits per heavy atom. The van der Waals surface area contributed by atoms with Gasteiger partial charge in [-0.05, 0) is 13.0 Å². The maximum atomic E-state index is 11.8. The summed E-state index contributed by atoms with van der Waals surface area (Å²) in [5.74, 6) is 0. The first-order valence-corrected chi connectivity index (χ1v) is 7.03. The molecule has 0 radical (unpaired) electrons. The fourth-order valence-electron chi connectivity index (χ4n) is 1.85. The summed E-state index contributed by atoms with van der Waals surface area (Å²) in [5, 5.41) is 0. The van der Waals surface area contributed by atoms with Crippen LogP contribution >= 0.6 is 0 Å². The highest BCUT2D eigenvalue weighted by Crippen LogP contribution is 2.21. The molecule has 0 saturated heterocycles. The van der Waals surface area contributed by atoms with Gasteiger partial charge in [0, 0.05) is 12.1 Å². The lowest BCUT2D eigenvalue weighted by molar-refractivity contribution is 0.0458. The van der Waals surface area contributed by atoms with Crippen LogP contribution in [0, 0.1) is 0 Å². The molecule has 0 unspecified atom stereocenters. The molecule has 23 heavy (non-hydrogen) atoms. The number of hydrogen-bond donors (Lipinski definition) is 2. The number of amides is 1. The average molecular weight is 321 g/mol. The van der Waals surface area contributed by atoms with Crippen LogP contribution in [-0.2, 0) is 21.0 Å². The number of methoxy groups -OCH3 is 1. The number of ether oxygens (including phenoxy) is 1. The predicted molar refractivity (Wildman–Crippen MR) is 88.2 cm³/mol. The molecule has 0 aliphatic heterocycles. The van der Waals surface area contributed by atoms with E-state index in [1.54, 1.807) is 0 Å². The molecule has 0 saturated carbocycles. The van der Waals surface area contributed by atoms with E-state index in [0.717, 1.165) is 11.3 Å². The summed E-state index contributed by atoms with van der Waals surface area (Å²) in [7, 11) is 2.83. The normalized spacial score (nSPS) is 9.87. The summed E-state index contributed by atoms with van der Waals surface area (Å²) in [6.45, 7) is 10.1. The second-order valence-corrected chi connectivity index (χ2v) is 4.50. The number of anilines is 1. The molecular weight excluding hydrogens is 298 g/mol. The Kier molecular flexibility index (Phi) is 7.65. The maximum Gasteiger partial charge on any atom is 0.413 e. The first-order valence-electron chi connectivity index (χ1n) is 7.03. The lowest BCUT2D eigenvalue weighted by Gasteiger charge is -2.22. The third-order valence-corrected chi connectivity index (χ3v) is 3.01. The van der Waals surface area contributed by atoms with E-state index in [2.05, 4.69) is 24.1 Å². The van der Waals surface area contributed by atoms with Gasteiger partial charge in [-0.2, -0.15) is 0 Å². The van der Waals surface area contributed by atoms with E-state index in [-0.39, 0.29) is 6.61 Å². The van der Waals surface area contributed by atoms with Crippen molar-refractivity contribution in [3.05, 3.63) is 54.4 Å². The third kappa shape index (κ3) is 5.32. The molecule has 0 bridgehead atoms. The van der Waals surface area contributed by atoms with Gasteiger partial charge in [-0.25, -0.2) is 4.79 Å². The van der Waals surface area contributed by atoms with Gasteiger partial charge >= 0.3 is 6.09 Å². The largest absolute Gasteiger partial charge is 0.452 e. The first kappa shape index (κ1) is 18.5. The lowest BCUT2D eigenvalue weighted by Crippen LogP contribution is -2.31. The molecule has 126 valence electrons. The lowest BCUT2D eigenvalue weighted by atomic mass is 10.1. The topological polar surface area (TPSA) is 72.1 Å². The van der Waals surface area contributed by atoms with Gasteiger partial charge in [0.2, 0.25) is 0 Å². The number of benzene rings is 1. The van der Waals surface area contributed by atoms with Crippen LogP contribution in [0.4, 0.5) is 10.5 Å². The van der Waals surface area contributed by atoms with Gasteiger partial charge < -0.3 is 4.74 Å². The number of para-hydroxylation sites is 1. The molecule has 2 N–H and O–H groups in total. The van der Waals surface area contributed by atoms with Crippen molar-refractivity contribution in [1.29, 1.82) is 0 Å². The number of hydroxylamine groups is 2. The van der Waals surface area contributed by atoms with Crippen LogP contribution in [0.15, 0.2) is 48.8 Å². The number of nitrogens with zero attached hydrogens (tertiary/aromatic N) is 1. The Balaban J connectivity index is 2.73. The van der Waals surface area contributed by atoms with Crippen LogP contribution < -0.4 is 15.9 Å². The van der Waals surface area contributed by atoms with E-state index in [9.17, 15) is 4.79 Å². The van der Waals surface area contributed by atoms with Crippen LogP contribution in [-0.4, -0.2) is 26.9 Å². The molecule has 0 fully saturated rings. The van der Waals surface area contributed by atoms with Crippen molar-refractivity contribution in [2.75, 3.05) is 25.7 Å². The molecular formula is C16H23N3O4. The monoisotopic (exact) mass is 321 g/mol. The van der Waals surface area contributed by atoms with E-state index in [1.807, 2.05) is 31.2 Å².